The van der Waals surface area contributed by atoms with Crippen LogP contribution in [0.25, 0.3) is 0 Å². The SMILES string of the molecule is C[C@@]1(C(=O)Nc2ccon2)Oc2ccccc2NC1=O. The first-order valence-corrected chi connectivity index (χ1v) is 5.91. The van der Waals surface area contributed by atoms with Crippen LogP contribution in [-0.4, -0.2) is 22.6 Å². The molecule has 20 heavy (non-hydrogen) atoms. The fourth-order valence-electron chi connectivity index (χ4n) is 1.83. The summed E-state index contributed by atoms with van der Waals surface area (Å²) in [6, 6.07) is 8.36. The molecule has 102 valence electrons. The van der Waals surface area contributed by atoms with Gasteiger partial charge in [0, 0.05) is 6.07 Å². The van der Waals surface area contributed by atoms with Gasteiger partial charge in [-0.2, -0.15) is 0 Å². The molecule has 0 aliphatic carbocycles. The van der Waals surface area contributed by atoms with E-state index in [9.17, 15) is 9.59 Å². The summed E-state index contributed by atoms with van der Waals surface area (Å²) >= 11 is 0. The number of amides is 2. The maximum absolute atomic E-state index is 12.2. The Kier molecular flexibility index (Phi) is 2.67. The summed E-state index contributed by atoms with van der Waals surface area (Å²) in [4.78, 5) is 24.3. The van der Waals surface area contributed by atoms with Gasteiger partial charge >= 0.3 is 0 Å². The van der Waals surface area contributed by atoms with Crippen molar-refractivity contribution in [3.63, 3.8) is 0 Å². The molecule has 1 aliphatic heterocycles. The van der Waals surface area contributed by atoms with Crippen LogP contribution in [0.15, 0.2) is 41.1 Å². The standard InChI is InChI=1S/C13H11N3O4/c1-13(12(18)15-10-6-7-19-16-10)11(17)14-8-4-2-3-5-9(8)20-13/h2-7H,1H3,(H,14,17)(H,15,16,18)/t13-/m1/s1. The first-order chi connectivity index (χ1) is 9.59. The second kappa shape index (κ2) is 4.37. The number of aromatic nitrogens is 1. The van der Waals surface area contributed by atoms with E-state index in [0.717, 1.165) is 0 Å². The zero-order valence-corrected chi connectivity index (χ0v) is 10.5. The molecular weight excluding hydrogens is 262 g/mol. The highest BCUT2D eigenvalue weighted by Crippen LogP contribution is 2.33. The van der Waals surface area contributed by atoms with E-state index >= 15 is 0 Å². The summed E-state index contributed by atoms with van der Waals surface area (Å²) < 4.78 is 10.2. The monoisotopic (exact) mass is 273 g/mol. The number of hydrogen-bond acceptors (Lipinski definition) is 5. The average molecular weight is 273 g/mol. The van der Waals surface area contributed by atoms with Gasteiger partial charge in [-0.25, -0.2) is 0 Å². The number of hydrogen-bond donors (Lipinski definition) is 2. The van der Waals surface area contributed by atoms with Crippen molar-refractivity contribution in [2.24, 2.45) is 0 Å². The van der Waals surface area contributed by atoms with Crippen molar-refractivity contribution in [2.45, 2.75) is 12.5 Å². The molecule has 0 saturated heterocycles. The first kappa shape index (κ1) is 12.2. The van der Waals surface area contributed by atoms with Crippen molar-refractivity contribution in [1.29, 1.82) is 0 Å². The van der Waals surface area contributed by atoms with Crippen LogP contribution in [0.1, 0.15) is 6.92 Å². The van der Waals surface area contributed by atoms with Crippen LogP contribution < -0.4 is 15.4 Å². The molecule has 7 nitrogen and oxygen atoms in total. The predicted octanol–water partition coefficient (Wildman–Crippen LogP) is 1.40. The molecule has 2 amide bonds. The molecule has 0 saturated carbocycles. The van der Waals surface area contributed by atoms with Crippen LogP contribution in [0.5, 0.6) is 5.75 Å². The second-order valence-electron chi connectivity index (χ2n) is 4.42. The van der Waals surface area contributed by atoms with Crippen LogP contribution in [-0.2, 0) is 9.59 Å². The molecule has 1 atom stereocenters. The number of ether oxygens (including phenoxy) is 1. The van der Waals surface area contributed by atoms with Crippen molar-refractivity contribution in [3.8, 4) is 5.75 Å². The molecule has 1 aromatic carbocycles. The third-order valence-electron chi connectivity index (χ3n) is 3.00. The van der Waals surface area contributed by atoms with Crippen molar-refractivity contribution >= 4 is 23.3 Å². The third kappa shape index (κ3) is 1.89. The molecule has 2 aromatic rings. The molecule has 2 heterocycles. The van der Waals surface area contributed by atoms with Gasteiger partial charge in [0.15, 0.2) is 5.82 Å². The number of rotatable bonds is 2. The molecule has 0 radical (unpaired) electrons. The minimum atomic E-state index is -1.67. The highest BCUT2D eigenvalue weighted by atomic mass is 16.5. The Balaban J connectivity index is 1.88. The number of carbonyl (C=O) groups excluding carboxylic acids is 2. The van der Waals surface area contributed by atoms with Crippen LogP contribution in [0.4, 0.5) is 11.5 Å². The van der Waals surface area contributed by atoms with E-state index in [-0.39, 0.29) is 5.82 Å². The number of para-hydroxylation sites is 2. The van der Waals surface area contributed by atoms with E-state index in [1.54, 1.807) is 24.3 Å². The minimum absolute atomic E-state index is 0.214. The maximum Gasteiger partial charge on any atom is 0.279 e. The summed E-state index contributed by atoms with van der Waals surface area (Å²) in [6.45, 7) is 1.40. The summed E-state index contributed by atoms with van der Waals surface area (Å²) in [6.07, 6.45) is 1.31. The fraction of sp³-hybridized carbons (Fsp3) is 0.154. The second-order valence-corrected chi connectivity index (χ2v) is 4.42. The molecule has 0 bridgehead atoms. The number of carbonyl (C=O) groups is 2. The molecule has 0 fully saturated rings. The van der Waals surface area contributed by atoms with E-state index in [2.05, 4.69) is 20.3 Å². The van der Waals surface area contributed by atoms with Crippen molar-refractivity contribution in [1.82, 2.24) is 5.16 Å². The lowest BCUT2D eigenvalue weighted by Crippen LogP contribution is -2.56. The third-order valence-corrected chi connectivity index (χ3v) is 3.00. The molecule has 1 aliphatic rings. The molecule has 7 heteroatoms. The Morgan fingerprint density at radius 2 is 2.15 bits per heavy atom. The number of anilines is 2. The lowest BCUT2D eigenvalue weighted by Gasteiger charge is -2.32. The minimum Gasteiger partial charge on any atom is -0.466 e. The Bertz CT molecular complexity index is 668. The van der Waals surface area contributed by atoms with Crippen LogP contribution in [0.3, 0.4) is 0 Å². The van der Waals surface area contributed by atoms with Crippen LogP contribution in [0.2, 0.25) is 0 Å². The van der Waals surface area contributed by atoms with Gasteiger partial charge in [0.1, 0.15) is 12.0 Å². The highest BCUT2D eigenvalue weighted by Gasteiger charge is 2.47. The van der Waals surface area contributed by atoms with Crippen LogP contribution >= 0.6 is 0 Å². The Morgan fingerprint density at radius 3 is 2.90 bits per heavy atom. The number of fused-ring (bicyclic) bond motifs is 1. The summed E-state index contributed by atoms with van der Waals surface area (Å²) in [5, 5.41) is 8.66. The van der Waals surface area contributed by atoms with Crippen LogP contribution in [0, 0.1) is 0 Å². The normalized spacial score (nSPS) is 20.6. The first-order valence-electron chi connectivity index (χ1n) is 5.91. The van der Waals surface area contributed by atoms with Gasteiger partial charge in [-0.05, 0) is 19.1 Å². The summed E-state index contributed by atoms with van der Waals surface area (Å²) in [7, 11) is 0. The zero-order chi connectivity index (χ0) is 14.2. The lowest BCUT2D eigenvalue weighted by molar-refractivity contribution is -0.143. The molecule has 3 rings (SSSR count). The quantitative estimate of drug-likeness (QED) is 0.807. The topological polar surface area (TPSA) is 93.5 Å². The van der Waals surface area contributed by atoms with Gasteiger partial charge in [0.05, 0.1) is 5.69 Å². The zero-order valence-electron chi connectivity index (χ0n) is 10.5. The van der Waals surface area contributed by atoms with Gasteiger partial charge in [-0.3, -0.25) is 9.59 Å². The van der Waals surface area contributed by atoms with Gasteiger partial charge in [0.2, 0.25) is 0 Å². The van der Waals surface area contributed by atoms with Gasteiger partial charge < -0.3 is 19.9 Å². The number of nitrogens with one attached hydrogen (secondary N) is 2. The molecule has 0 spiro atoms. The molecular formula is C13H11N3O4. The summed E-state index contributed by atoms with van der Waals surface area (Å²) in [5.74, 6) is -0.521. The van der Waals surface area contributed by atoms with Gasteiger partial charge in [-0.15, -0.1) is 0 Å². The van der Waals surface area contributed by atoms with E-state index in [1.165, 1.54) is 19.3 Å². The van der Waals surface area contributed by atoms with E-state index in [4.69, 9.17) is 4.74 Å². The maximum atomic E-state index is 12.2. The fourth-order valence-corrected chi connectivity index (χ4v) is 1.83. The Labute approximate surface area is 113 Å². The highest BCUT2D eigenvalue weighted by molar-refractivity contribution is 6.18. The predicted molar refractivity (Wildman–Crippen MR) is 69.2 cm³/mol. The van der Waals surface area contributed by atoms with Gasteiger partial charge in [-0.1, -0.05) is 17.3 Å². The Morgan fingerprint density at radius 1 is 1.35 bits per heavy atom. The lowest BCUT2D eigenvalue weighted by atomic mass is 10.0. The largest absolute Gasteiger partial charge is 0.466 e. The van der Waals surface area contributed by atoms with E-state index < -0.39 is 17.4 Å². The van der Waals surface area contributed by atoms with Gasteiger partial charge in [0.25, 0.3) is 17.4 Å². The van der Waals surface area contributed by atoms with Crippen molar-refractivity contribution < 1.29 is 18.8 Å². The van der Waals surface area contributed by atoms with E-state index in [1.807, 2.05) is 0 Å². The number of benzene rings is 1. The average Bonchev–Trinajstić information content (AvgIpc) is 2.93. The smallest absolute Gasteiger partial charge is 0.279 e. The van der Waals surface area contributed by atoms with E-state index in [0.29, 0.717) is 11.4 Å². The van der Waals surface area contributed by atoms with Crippen molar-refractivity contribution in [3.05, 3.63) is 36.6 Å². The number of nitrogens with zero attached hydrogens (tertiary/aromatic N) is 1. The molecule has 1 aromatic heterocycles. The Hall–Kier alpha value is -2.83. The molecule has 0 unspecified atom stereocenters. The van der Waals surface area contributed by atoms with Crippen molar-refractivity contribution in [2.75, 3.05) is 10.6 Å². The summed E-state index contributed by atoms with van der Waals surface area (Å²) in [5.41, 5.74) is -1.14. The molecule has 2 N–H and O–H groups in total.